The number of aldehydes is 1. The summed E-state index contributed by atoms with van der Waals surface area (Å²) in [7, 11) is 0. The Morgan fingerprint density at radius 3 is 2.64 bits per heavy atom. The molecule has 5 heteroatoms. The summed E-state index contributed by atoms with van der Waals surface area (Å²) < 4.78 is 5.49. The highest BCUT2D eigenvalue weighted by Gasteiger charge is 2.18. The van der Waals surface area contributed by atoms with Crippen LogP contribution in [-0.4, -0.2) is 23.9 Å². The minimum absolute atomic E-state index is 0.0344. The van der Waals surface area contributed by atoms with Gasteiger partial charge in [0.05, 0.1) is 23.4 Å². The number of rotatable bonds is 5. The van der Waals surface area contributed by atoms with E-state index >= 15 is 0 Å². The molecule has 0 heterocycles. The van der Waals surface area contributed by atoms with Crippen LogP contribution in [0.15, 0.2) is 54.6 Å². The summed E-state index contributed by atoms with van der Waals surface area (Å²) in [6, 6.07) is 15.7. The molecule has 25 heavy (non-hydrogen) atoms. The SMILES string of the molecule is CCOc1ccccc1NC(=O)c1cc2ccccc2c(C=O)c1O. The quantitative estimate of drug-likeness (QED) is 0.691. The van der Waals surface area contributed by atoms with Gasteiger partial charge in [0.1, 0.15) is 11.5 Å². The van der Waals surface area contributed by atoms with E-state index < -0.39 is 5.91 Å². The standard InChI is InChI=1S/C20H17NO4/c1-2-25-18-10-6-5-9-17(18)21-20(24)15-11-13-7-3-4-8-14(13)16(12-22)19(15)23/h3-12,23H,2H2,1H3,(H,21,24). The lowest BCUT2D eigenvalue weighted by Gasteiger charge is -2.13. The van der Waals surface area contributed by atoms with Crippen molar-refractivity contribution in [2.75, 3.05) is 11.9 Å². The maximum absolute atomic E-state index is 12.7. The second-order valence-corrected chi connectivity index (χ2v) is 5.41. The van der Waals surface area contributed by atoms with Crippen molar-refractivity contribution in [2.45, 2.75) is 6.92 Å². The number of hydrogen-bond donors (Lipinski definition) is 2. The smallest absolute Gasteiger partial charge is 0.259 e. The van der Waals surface area contributed by atoms with Crippen molar-refractivity contribution in [1.29, 1.82) is 0 Å². The number of para-hydroxylation sites is 2. The zero-order chi connectivity index (χ0) is 17.8. The molecule has 0 spiro atoms. The average Bonchev–Trinajstić information content (AvgIpc) is 2.63. The second-order valence-electron chi connectivity index (χ2n) is 5.41. The highest BCUT2D eigenvalue weighted by atomic mass is 16.5. The van der Waals surface area contributed by atoms with E-state index in [1.807, 2.05) is 6.92 Å². The first-order chi connectivity index (χ1) is 12.2. The number of hydrogen-bond acceptors (Lipinski definition) is 4. The lowest BCUT2D eigenvalue weighted by atomic mass is 9.99. The van der Waals surface area contributed by atoms with Crippen molar-refractivity contribution in [1.82, 2.24) is 0 Å². The fraction of sp³-hybridized carbons (Fsp3) is 0.100. The van der Waals surface area contributed by atoms with Crippen molar-refractivity contribution in [3.8, 4) is 11.5 Å². The largest absolute Gasteiger partial charge is 0.506 e. The molecule has 0 aromatic heterocycles. The van der Waals surface area contributed by atoms with E-state index in [4.69, 9.17) is 4.74 Å². The summed E-state index contributed by atoms with van der Waals surface area (Å²) in [4.78, 5) is 24.1. The maximum Gasteiger partial charge on any atom is 0.259 e. The summed E-state index contributed by atoms with van der Waals surface area (Å²) in [6.45, 7) is 2.31. The molecular weight excluding hydrogens is 318 g/mol. The van der Waals surface area contributed by atoms with Crippen LogP contribution < -0.4 is 10.1 Å². The van der Waals surface area contributed by atoms with E-state index in [9.17, 15) is 14.7 Å². The molecule has 3 rings (SSSR count). The molecule has 126 valence electrons. The van der Waals surface area contributed by atoms with E-state index in [0.29, 0.717) is 35.1 Å². The van der Waals surface area contributed by atoms with E-state index in [0.717, 1.165) is 0 Å². The Bertz CT molecular complexity index is 950. The topological polar surface area (TPSA) is 75.6 Å². The number of phenolic OH excluding ortho intramolecular Hbond substituents is 1. The first-order valence-electron chi connectivity index (χ1n) is 7.88. The van der Waals surface area contributed by atoms with Crippen molar-refractivity contribution >= 4 is 28.7 Å². The molecule has 0 saturated carbocycles. The molecule has 0 saturated heterocycles. The number of nitrogens with one attached hydrogen (secondary N) is 1. The predicted molar refractivity (Wildman–Crippen MR) is 96.6 cm³/mol. The van der Waals surface area contributed by atoms with Crippen LogP contribution in [-0.2, 0) is 0 Å². The van der Waals surface area contributed by atoms with Crippen molar-refractivity contribution in [2.24, 2.45) is 0 Å². The van der Waals surface area contributed by atoms with Gasteiger partial charge in [-0.2, -0.15) is 0 Å². The number of amides is 1. The highest BCUT2D eigenvalue weighted by molar-refractivity contribution is 6.13. The van der Waals surface area contributed by atoms with Crippen LogP contribution in [0.3, 0.4) is 0 Å². The molecule has 3 aromatic carbocycles. The fourth-order valence-corrected chi connectivity index (χ4v) is 2.70. The fourth-order valence-electron chi connectivity index (χ4n) is 2.70. The highest BCUT2D eigenvalue weighted by Crippen LogP contribution is 2.31. The Kier molecular flexibility index (Phi) is 4.66. The van der Waals surface area contributed by atoms with Gasteiger partial charge in [-0.1, -0.05) is 36.4 Å². The van der Waals surface area contributed by atoms with Crippen LogP contribution in [0.2, 0.25) is 0 Å². The summed E-state index contributed by atoms with van der Waals surface area (Å²) in [5.74, 6) is -0.312. The Hall–Kier alpha value is -3.34. The third-order valence-corrected chi connectivity index (χ3v) is 3.86. The molecule has 3 aromatic rings. The molecule has 0 aliphatic rings. The Morgan fingerprint density at radius 2 is 1.88 bits per heavy atom. The third kappa shape index (κ3) is 3.17. The number of ether oxygens (including phenoxy) is 1. The Balaban J connectivity index is 2.03. The molecule has 0 fully saturated rings. The monoisotopic (exact) mass is 335 g/mol. The van der Waals surface area contributed by atoms with Gasteiger partial charge in [-0.15, -0.1) is 0 Å². The van der Waals surface area contributed by atoms with Gasteiger partial charge in [0, 0.05) is 0 Å². The predicted octanol–water partition coefficient (Wildman–Crippen LogP) is 4.01. The number of anilines is 1. The van der Waals surface area contributed by atoms with Crippen LogP contribution in [0.25, 0.3) is 10.8 Å². The molecule has 0 unspecified atom stereocenters. The molecule has 0 radical (unpaired) electrons. The van der Waals surface area contributed by atoms with Crippen LogP contribution in [0.4, 0.5) is 5.69 Å². The van der Waals surface area contributed by atoms with Gasteiger partial charge in [-0.05, 0) is 35.9 Å². The molecule has 0 atom stereocenters. The van der Waals surface area contributed by atoms with Gasteiger partial charge >= 0.3 is 0 Å². The molecule has 5 nitrogen and oxygen atoms in total. The van der Waals surface area contributed by atoms with Crippen molar-refractivity contribution in [3.63, 3.8) is 0 Å². The zero-order valence-corrected chi connectivity index (χ0v) is 13.7. The maximum atomic E-state index is 12.7. The summed E-state index contributed by atoms with van der Waals surface area (Å²) in [5.41, 5.74) is 0.628. The van der Waals surface area contributed by atoms with Crippen LogP contribution in [0, 0.1) is 0 Å². The number of aromatic hydroxyl groups is 1. The minimum atomic E-state index is -0.515. The number of fused-ring (bicyclic) bond motifs is 1. The molecule has 0 bridgehead atoms. The minimum Gasteiger partial charge on any atom is -0.506 e. The van der Waals surface area contributed by atoms with E-state index in [2.05, 4.69) is 5.32 Å². The van der Waals surface area contributed by atoms with E-state index in [-0.39, 0.29) is 16.9 Å². The molecule has 1 amide bonds. The number of phenols is 1. The normalized spacial score (nSPS) is 10.4. The summed E-state index contributed by atoms with van der Waals surface area (Å²) in [6.07, 6.45) is 0.558. The first-order valence-corrected chi connectivity index (χ1v) is 7.88. The lowest BCUT2D eigenvalue weighted by Crippen LogP contribution is -2.14. The van der Waals surface area contributed by atoms with Crippen LogP contribution in [0.1, 0.15) is 27.6 Å². The Morgan fingerprint density at radius 1 is 1.16 bits per heavy atom. The van der Waals surface area contributed by atoms with E-state index in [1.165, 1.54) is 0 Å². The molecule has 0 aliphatic carbocycles. The first kappa shape index (κ1) is 16.5. The zero-order valence-electron chi connectivity index (χ0n) is 13.7. The molecular formula is C20H17NO4. The Labute approximate surface area is 144 Å². The van der Waals surface area contributed by atoms with Gasteiger partial charge in [0.2, 0.25) is 0 Å². The van der Waals surface area contributed by atoms with Crippen molar-refractivity contribution in [3.05, 3.63) is 65.7 Å². The molecule has 0 aliphatic heterocycles. The second kappa shape index (κ2) is 7.05. The number of carbonyl (C=O) groups is 2. The van der Waals surface area contributed by atoms with Crippen LogP contribution >= 0.6 is 0 Å². The average molecular weight is 335 g/mol. The lowest BCUT2D eigenvalue weighted by molar-refractivity contribution is 0.102. The van der Waals surface area contributed by atoms with Crippen LogP contribution in [0.5, 0.6) is 11.5 Å². The molecule has 2 N–H and O–H groups in total. The van der Waals surface area contributed by atoms with Gasteiger partial charge in [0.25, 0.3) is 5.91 Å². The number of benzene rings is 3. The van der Waals surface area contributed by atoms with Gasteiger partial charge in [-0.3, -0.25) is 9.59 Å². The summed E-state index contributed by atoms with van der Waals surface area (Å²) in [5, 5.41) is 14.4. The number of carbonyl (C=O) groups excluding carboxylic acids is 2. The third-order valence-electron chi connectivity index (χ3n) is 3.86. The van der Waals surface area contributed by atoms with Crippen molar-refractivity contribution < 1.29 is 19.4 Å². The summed E-state index contributed by atoms with van der Waals surface area (Å²) >= 11 is 0. The van der Waals surface area contributed by atoms with Gasteiger partial charge in [-0.25, -0.2) is 0 Å². The van der Waals surface area contributed by atoms with E-state index in [1.54, 1.807) is 54.6 Å². The van der Waals surface area contributed by atoms with Gasteiger partial charge in [0.15, 0.2) is 6.29 Å². The van der Waals surface area contributed by atoms with Gasteiger partial charge < -0.3 is 15.2 Å².